The lowest BCUT2D eigenvalue weighted by atomic mass is 9.89. The average Bonchev–Trinajstić information content (AvgIpc) is 3.29. The van der Waals surface area contributed by atoms with E-state index in [0.29, 0.717) is 17.5 Å². The smallest absolute Gasteiger partial charge is 0.274 e. The molecule has 2 saturated heterocycles. The molecule has 6 nitrogen and oxygen atoms in total. The molecule has 0 spiro atoms. The van der Waals surface area contributed by atoms with Crippen molar-refractivity contribution in [1.82, 2.24) is 20.0 Å². The van der Waals surface area contributed by atoms with Gasteiger partial charge in [0.25, 0.3) is 5.91 Å². The Morgan fingerprint density at radius 3 is 2.64 bits per heavy atom. The van der Waals surface area contributed by atoms with Crippen molar-refractivity contribution >= 4 is 18.3 Å². The number of fused-ring (bicyclic) bond motifs is 1. The lowest BCUT2D eigenvalue weighted by Crippen LogP contribution is -2.35. The number of aryl methyl sites for hydroxylation is 1. The number of likely N-dealkylation sites (tertiary alicyclic amines) is 1. The molecule has 2 aliphatic rings. The normalized spacial score (nSPS) is 24.7. The SMILES string of the molecule is COc1ccc([C@H]2[C@H]3CNC[C@H]3CN2C(=O)c2ccn(C)n2)cc1.Cl. The first kappa shape index (κ1) is 17.8. The van der Waals surface area contributed by atoms with Crippen molar-refractivity contribution in [1.29, 1.82) is 0 Å². The molecule has 0 aliphatic carbocycles. The molecule has 0 bridgehead atoms. The van der Waals surface area contributed by atoms with E-state index in [-0.39, 0.29) is 24.4 Å². The fraction of sp³-hybridized carbons (Fsp3) is 0.444. The largest absolute Gasteiger partial charge is 0.497 e. The van der Waals surface area contributed by atoms with E-state index in [0.717, 1.165) is 30.9 Å². The molecule has 1 aromatic carbocycles. The van der Waals surface area contributed by atoms with Crippen molar-refractivity contribution in [3.63, 3.8) is 0 Å². The van der Waals surface area contributed by atoms with Gasteiger partial charge in [0.1, 0.15) is 11.4 Å². The lowest BCUT2D eigenvalue weighted by Gasteiger charge is -2.28. The molecule has 2 fully saturated rings. The van der Waals surface area contributed by atoms with E-state index in [4.69, 9.17) is 4.74 Å². The third-order valence-corrected chi connectivity index (χ3v) is 5.22. The van der Waals surface area contributed by atoms with Gasteiger partial charge in [-0.3, -0.25) is 9.48 Å². The third kappa shape index (κ3) is 3.12. The summed E-state index contributed by atoms with van der Waals surface area (Å²) >= 11 is 0. The van der Waals surface area contributed by atoms with Crippen LogP contribution >= 0.6 is 12.4 Å². The summed E-state index contributed by atoms with van der Waals surface area (Å²) in [5, 5.41) is 7.76. The average molecular weight is 363 g/mol. The molecule has 3 heterocycles. The maximum absolute atomic E-state index is 13.0. The van der Waals surface area contributed by atoms with Crippen LogP contribution in [0.2, 0.25) is 0 Å². The molecule has 3 atom stereocenters. The van der Waals surface area contributed by atoms with Crippen molar-refractivity contribution in [2.75, 3.05) is 26.7 Å². The van der Waals surface area contributed by atoms with Gasteiger partial charge in [-0.1, -0.05) is 12.1 Å². The Kier molecular flexibility index (Phi) is 5.01. The molecule has 1 aromatic heterocycles. The van der Waals surface area contributed by atoms with Gasteiger partial charge in [-0.05, 0) is 29.7 Å². The van der Waals surface area contributed by atoms with Crippen LogP contribution in [0.5, 0.6) is 5.75 Å². The predicted octanol–water partition coefficient (Wildman–Crippen LogP) is 1.88. The first-order valence-electron chi connectivity index (χ1n) is 8.32. The summed E-state index contributed by atoms with van der Waals surface area (Å²) in [6.45, 7) is 2.71. The van der Waals surface area contributed by atoms with Crippen LogP contribution in [-0.4, -0.2) is 47.3 Å². The predicted molar refractivity (Wildman–Crippen MR) is 97.1 cm³/mol. The number of halogens is 1. The minimum absolute atomic E-state index is 0. The molecular formula is C18H23ClN4O2. The van der Waals surface area contributed by atoms with Gasteiger partial charge in [0.2, 0.25) is 0 Å². The Morgan fingerprint density at radius 2 is 2.00 bits per heavy atom. The van der Waals surface area contributed by atoms with E-state index < -0.39 is 0 Å². The van der Waals surface area contributed by atoms with Gasteiger partial charge < -0.3 is 15.0 Å². The fourth-order valence-corrected chi connectivity index (χ4v) is 4.03. The molecular weight excluding hydrogens is 340 g/mol. The Hall–Kier alpha value is -2.05. The van der Waals surface area contributed by atoms with Crippen LogP contribution in [0.4, 0.5) is 0 Å². The minimum Gasteiger partial charge on any atom is -0.497 e. The van der Waals surface area contributed by atoms with Crippen molar-refractivity contribution in [3.05, 3.63) is 47.8 Å². The molecule has 1 amide bonds. The monoisotopic (exact) mass is 362 g/mol. The maximum Gasteiger partial charge on any atom is 0.274 e. The second kappa shape index (κ2) is 7.06. The summed E-state index contributed by atoms with van der Waals surface area (Å²) in [6.07, 6.45) is 1.81. The zero-order chi connectivity index (χ0) is 16.7. The van der Waals surface area contributed by atoms with Gasteiger partial charge in [-0.25, -0.2) is 0 Å². The summed E-state index contributed by atoms with van der Waals surface area (Å²) < 4.78 is 6.93. The Morgan fingerprint density at radius 1 is 1.24 bits per heavy atom. The van der Waals surface area contributed by atoms with Crippen LogP contribution in [0.1, 0.15) is 22.1 Å². The number of hydrogen-bond acceptors (Lipinski definition) is 4. The standard InChI is InChI=1S/C18H22N4O2.ClH/c1-21-8-7-16(20-21)18(23)22-11-13-9-19-10-15(13)17(22)12-3-5-14(24-2)6-4-12;/h3-8,13,15,17,19H,9-11H2,1-2H3;1H/t13-,15-,17-;/m0./s1. The third-order valence-electron chi connectivity index (χ3n) is 5.22. The number of ether oxygens (including phenoxy) is 1. The summed E-state index contributed by atoms with van der Waals surface area (Å²) in [7, 11) is 3.50. The molecule has 7 heteroatoms. The van der Waals surface area contributed by atoms with Crippen molar-refractivity contribution in [3.8, 4) is 5.75 Å². The van der Waals surface area contributed by atoms with E-state index in [1.54, 1.807) is 17.9 Å². The van der Waals surface area contributed by atoms with Crippen LogP contribution in [-0.2, 0) is 7.05 Å². The molecule has 0 radical (unpaired) electrons. The molecule has 1 N–H and O–H groups in total. The molecule has 0 unspecified atom stereocenters. The number of hydrogen-bond donors (Lipinski definition) is 1. The van der Waals surface area contributed by atoms with Gasteiger partial charge in [0.05, 0.1) is 13.2 Å². The van der Waals surface area contributed by atoms with Crippen LogP contribution in [0.25, 0.3) is 0 Å². The molecule has 2 aromatic rings. The molecule has 134 valence electrons. The Balaban J connectivity index is 0.00000182. The maximum atomic E-state index is 13.0. The highest BCUT2D eigenvalue weighted by Crippen LogP contribution is 2.43. The van der Waals surface area contributed by atoms with Crippen LogP contribution < -0.4 is 10.1 Å². The van der Waals surface area contributed by atoms with Crippen LogP contribution in [0, 0.1) is 11.8 Å². The van der Waals surface area contributed by atoms with Gasteiger partial charge in [-0.2, -0.15) is 5.10 Å². The second-order valence-electron chi connectivity index (χ2n) is 6.63. The number of carbonyl (C=O) groups is 1. The number of nitrogens with zero attached hydrogens (tertiary/aromatic N) is 3. The molecule has 0 saturated carbocycles. The fourth-order valence-electron chi connectivity index (χ4n) is 4.03. The topological polar surface area (TPSA) is 59.4 Å². The first-order chi connectivity index (χ1) is 11.7. The van der Waals surface area contributed by atoms with Crippen molar-refractivity contribution < 1.29 is 9.53 Å². The van der Waals surface area contributed by atoms with E-state index in [1.807, 2.05) is 30.3 Å². The molecule has 4 rings (SSSR count). The summed E-state index contributed by atoms with van der Waals surface area (Å²) in [6, 6.07) is 9.96. The van der Waals surface area contributed by atoms with E-state index in [2.05, 4.69) is 22.5 Å². The van der Waals surface area contributed by atoms with Crippen molar-refractivity contribution in [2.45, 2.75) is 6.04 Å². The summed E-state index contributed by atoms with van der Waals surface area (Å²) in [5.41, 5.74) is 1.68. The Bertz CT molecular complexity index is 746. The van der Waals surface area contributed by atoms with E-state index >= 15 is 0 Å². The number of amides is 1. The highest BCUT2D eigenvalue weighted by Gasteiger charge is 2.47. The zero-order valence-corrected chi connectivity index (χ0v) is 15.2. The number of aromatic nitrogens is 2. The van der Waals surface area contributed by atoms with Gasteiger partial charge >= 0.3 is 0 Å². The van der Waals surface area contributed by atoms with Gasteiger partial charge in [0, 0.05) is 38.8 Å². The number of methoxy groups -OCH3 is 1. The first-order valence-corrected chi connectivity index (χ1v) is 8.32. The summed E-state index contributed by atoms with van der Waals surface area (Å²) in [5.74, 6) is 1.81. The van der Waals surface area contributed by atoms with E-state index in [9.17, 15) is 4.79 Å². The second-order valence-corrected chi connectivity index (χ2v) is 6.63. The summed E-state index contributed by atoms with van der Waals surface area (Å²) in [4.78, 5) is 15.0. The lowest BCUT2D eigenvalue weighted by molar-refractivity contribution is 0.0707. The van der Waals surface area contributed by atoms with Gasteiger partial charge in [-0.15, -0.1) is 12.4 Å². The highest BCUT2D eigenvalue weighted by atomic mass is 35.5. The number of benzene rings is 1. The highest BCUT2D eigenvalue weighted by molar-refractivity contribution is 5.92. The van der Waals surface area contributed by atoms with Gasteiger partial charge in [0.15, 0.2) is 0 Å². The van der Waals surface area contributed by atoms with Crippen molar-refractivity contribution in [2.24, 2.45) is 18.9 Å². The Labute approximate surface area is 153 Å². The molecule has 25 heavy (non-hydrogen) atoms. The van der Waals surface area contributed by atoms with Crippen LogP contribution in [0.15, 0.2) is 36.5 Å². The number of carbonyl (C=O) groups excluding carboxylic acids is 1. The van der Waals surface area contributed by atoms with E-state index in [1.165, 1.54) is 0 Å². The minimum atomic E-state index is 0. The van der Waals surface area contributed by atoms with Crippen LogP contribution in [0.3, 0.4) is 0 Å². The number of nitrogens with one attached hydrogen (secondary N) is 1. The number of rotatable bonds is 3. The molecule has 2 aliphatic heterocycles. The quantitative estimate of drug-likeness (QED) is 0.905. The zero-order valence-electron chi connectivity index (χ0n) is 14.4.